The largest absolute Gasteiger partial charge is 0.397 e. The van der Waals surface area contributed by atoms with Gasteiger partial charge in [0.2, 0.25) is 10.0 Å². The van der Waals surface area contributed by atoms with Crippen LogP contribution in [0.3, 0.4) is 0 Å². The van der Waals surface area contributed by atoms with Gasteiger partial charge in [0.05, 0.1) is 23.2 Å². The topological polar surface area (TPSA) is 170 Å². The van der Waals surface area contributed by atoms with Crippen molar-refractivity contribution in [3.05, 3.63) is 33.9 Å². The normalized spacial score (nSPS) is 11.5. The minimum atomic E-state index is -4.33. The van der Waals surface area contributed by atoms with Gasteiger partial charge in [0.25, 0.3) is 5.69 Å². The van der Waals surface area contributed by atoms with Crippen molar-refractivity contribution in [2.45, 2.75) is 11.4 Å². The van der Waals surface area contributed by atoms with E-state index < -0.39 is 37.0 Å². The highest BCUT2D eigenvalue weighted by Crippen LogP contribution is 2.27. The Labute approximate surface area is 116 Å². The van der Waals surface area contributed by atoms with E-state index in [-0.39, 0.29) is 12.4 Å². The fourth-order valence-corrected chi connectivity index (χ4v) is 2.63. The zero-order chi connectivity index (χ0) is 15.6. The molecule has 21 heavy (non-hydrogen) atoms. The zero-order valence-corrected chi connectivity index (χ0v) is 11.0. The first-order valence-electron chi connectivity index (χ1n) is 5.26. The number of aromatic nitrogens is 4. The standard InChI is InChI=1S/C8H8FN7O4S/c9-5-1-4(16(17)18)2-6(10)8(5)21(19,20)11-3-7-12-14-15-13-7/h1-2,11H,3,10H2,(H,12,13,14,15). The monoisotopic (exact) mass is 317 g/mol. The highest BCUT2D eigenvalue weighted by atomic mass is 32.2. The maximum atomic E-state index is 13.8. The van der Waals surface area contributed by atoms with Crippen LogP contribution in [0.5, 0.6) is 0 Å². The molecule has 0 aliphatic heterocycles. The molecule has 1 aromatic carbocycles. The first-order chi connectivity index (χ1) is 9.81. The number of tetrazole rings is 1. The summed E-state index contributed by atoms with van der Waals surface area (Å²) in [6.07, 6.45) is 0. The highest BCUT2D eigenvalue weighted by molar-refractivity contribution is 7.89. The predicted molar refractivity (Wildman–Crippen MR) is 65.7 cm³/mol. The van der Waals surface area contributed by atoms with Gasteiger partial charge in [-0.25, -0.2) is 17.5 Å². The molecule has 0 radical (unpaired) electrons. The second-order valence-electron chi connectivity index (χ2n) is 3.76. The number of nitro benzene ring substituents is 1. The number of non-ortho nitro benzene ring substituents is 1. The fraction of sp³-hybridized carbons (Fsp3) is 0.125. The Morgan fingerprint density at radius 1 is 1.48 bits per heavy atom. The first-order valence-corrected chi connectivity index (χ1v) is 6.75. The molecule has 0 spiro atoms. The Morgan fingerprint density at radius 3 is 2.71 bits per heavy atom. The van der Waals surface area contributed by atoms with Crippen LogP contribution in [-0.4, -0.2) is 34.0 Å². The van der Waals surface area contributed by atoms with Crippen molar-refractivity contribution in [2.75, 3.05) is 5.73 Å². The van der Waals surface area contributed by atoms with E-state index in [1.807, 2.05) is 4.72 Å². The molecule has 4 N–H and O–H groups in total. The van der Waals surface area contributed by atoms with Crippen LogP contribution in [0.4, 0.5) is 15.8 Å². The molecule has 112 valence electrons. The Balaban J connectivity index is 2.33. The summed E-state index contributed by atoms with van der Waals surface area (Å²) >= 11 is 0. The van der Waals surface area contributed by atoms with Crippen molar-refractivity contribution < 1.29 is 17.7 Å². The van der Waals surface area contributed by atoms with Crippen LogP contribution >= 0.6 is 0 Å². The number of rotatable bonds is 5. The quantitative estimate of drug-likeness (QED) is 0.369. The van der Waals surface area contributed by atoms with Gasteiger partial charge in [-0.2, -0.15) is 5.21 Å². The Kier molecular flexibility index (Phi) is 3.77. The van der Waals surface area contributed by atoms with Gasteiger partial charge in [0, 0.05) is 6.07 Å². The van der Waals surface area contributed by atoms with Crippen LogP contribution < -0.4 is 10.5 Å². The summed E-state index contributed by atoms with van der Waals surface area (Å²) in [5.74, 6) is -1.30. The number of nitrogens with two attached hydrogens (primary N) is 1. The van der Waals surface area contributed by atoms with Gasteiger partial charge in [-0.3, -0.25) is 10.1 Å². The lowest BCUT2D eigenvalue weighted by Gasteiger charge is -2.08. The van der Waals surface area contributed by atoms with Crippen molar-refractivity contribution in [3.8, 4) is 0 Å². The fourth-order valence-electron chi connectivity index (χ4n) is 1.48. The third-order valence-corrected chi connectivity index (χ3v) is 3.84. The van der Waals surface area contributed by atoms with Crippen molar-refractivity contribution in [1.29, 1.82) is 0 Å². The van der Waals surface area contributed by atoms with Gasteiger partial charge >= 0.3 is 0 Å². The van der Waals surface area contributed by atoms with E-state index in [0.29, 0.717) is 6.07 Å². The molecule has 0 saturated carbocycles. The van der Waals surface area contributed by atoms with E-state index in [1.165, 1.54) is 0 Å². The molecular weight excluding hydrogens is 309 g/mol. The molecule has 2 rings (SSSR count). The number of halogens is 1. The number of aromatic amines is 1. The zero-order valence-electron chi connectivity index (χ0n) is 10.1. The molecule has 0 atom stereocenters. The third kappa shape index (κ3) is 3.09. The lowest BCUT2D eigenvalue weighted by Crippen LogP contribution is -2.26. The predicted octanol–water partition coefficient (Wildman–Crippen LogP) is -0.692. The molecule has 0 unspecified atom stereocenters. The molecule has 2 aromatic rings. The molecular formula is C8H8FN7O4S. The molecule has 0 amide bonds. The second kappa shape index (κ2) is 5.37. The number of anilines is 1. The van der Waals surface area contributed by atoms with E-state index >= 15 is 0 Å². The summed E-state index contributed by atoms with van der Waals surface area (Å²) in [5.41, 5.74) is 4.15. The lowest BCUT2D eigenvalue weighted by molar-refractivity contribution is -0.385. The molecule has 0 fully saturated rings. The summed E-state index contributed by atoms with van der Waals surface area (Å²) in [6.45, 7) is -0.352. The molecule has 0 aliphatic carbocycles. The SMILES string of the molecule is Nc1cc([N+](=O)[O-])cc(F)c1S(=O)(=O)NCc1nn[nH]n1. The molecule has 0 bridgehead atoms. The number of nitro groups is 1. The Hall–Kier alpha value is -2.67. The maximum absolute atomic E-state index is 13.8. The van der Waals surface area contributed by atoms with E-state index in [4.69, 9.17) is 5.73 Å². The summed E-state index contributed by atoms with van der Waals surface area (Å²) < 4.78 is 39.7. The van der Waals surface area contributed by atoms with Gasteiger partial charge in [-0.05, 0) is 0 Å². The number of hydrogen-bond acceptors (Lipinski definition) is 8. The number of nitrogens with zero attached hydrogens (tertiary/aromatic N) is 4. The van der Waals surface area contributed by atoms with E-state index in [2.05, 4.69) is 20.6 Å². The molecule has 0 saturated heterocycles. The van der Waals surface area contributed by atoms with E-state index in [9.17, 15) is 22.9 Å². The molecule has 1 aromatic heterocycles. The number of nitrogen functional groups attached to an aromatic ring is 1. The minimum absolute atomic E-state index is 0.0273. The molecule has 11 nitrogen and oxygen atoms in total. The van der Waals surface area contributed by atoms with Crippen molar-refractivity contribution in [3.63, 3.8) is 0 Å². The summed E-state index contributed by atoms with van der Waals surface area (Å²) in [7, 11) is -4.33. The molecule has 1 heterocycles. The van der Waals surface area contributed by atoms with Crippen molar-refractivity contribution >= 4 is 21.4 Å². The van der Waals surface area contributed by atoms with Gasteiger partial charge in [-0.15, -0.1) is 10.2 Å². The maximum Gasteiger partial charge on any atom is 0.274 e. The summed E-state index contributed by atoms with van der Waals surface area (Å²) in [4.78, 5) is 8.77. The average Bonchev–Trinajstić information content (AvgIpc) is 2.88. The summed E-state index contributed by atoms with van der Waals surface area (Å²) in [6, 6.07) is 1.23. The average molecular weight is 317 g/mol. The van der Waals surface area contributed by atoms with Crippen molar-refractivity contribution in [2.24, 2.45) is 0 Å². The smallest absolute Gasteiger partial charge is 0.274 e. The van der Waals surface area contributed by atoms with Gasteiger partial charge < -0.3 is 5.73 Å². The van der Waals surface area contributed by atoms with Gasteiger partial charge in [-0.1, -0.05) is 5.21 Å². The van der Waals surface area contributed by atoms with Crippen LogP contribution in [-0.2, 0) is 16.6 Å². The molecule has 13 heteroatoms. The summed E-state index contributed by atoms with van der Waals surface area (Å²) in [5, 5.41) is 22.9. The van der Waals surface area contributed by atoms with Crippen LogP contribution in [0.15, 0.2) is 17.0 Å². The third-order valence-electron chi connectivity index (χ3n) is 2.35. The van der Waals surface area contributed by atoms with Crippen LogP contribution in [0.25, 0.3) is 0 Å². The van der Waals surface area contributed by atoms with Gasteiger partial charge in [0.15, 0.2) is 11.6 Å². The number of nitrogens with one attached hydrogen (secondary N) is 2. The van der Waals surface area contributed by atoms with E-state index in [1.54, 1.807) is 0 Å². The minimum Gasteiger partial charge on any atom is -0.397 e. The number of H-pyrrole nitrogens is 1. The lowest BCUT2D eigenvalue weighted by atomic mass is 10.3. The van der Waals surface area contributed by atoms with E-state index in [0.717, 1.165) is 6.07 Å². The van der Waals surface area contributed by atoms with Gasteiger partial charge in [0.1, 0.15) is 4.90 Å². The Bertz CT molecular complexity index is 753. The van der Waals surface area contributed by atoms with Crippen molar-refractivity contribution in [1.82, 2.24) is 25.3 Å². The number of sulfonamides is 1. The first kappa shape index (κ1) is 14.7. The van der Waals surface area contributed by atoms with Crippen LogP contribution in [0.1, 0.15) is 5.82 Å². The number of hydrogen-bond donors (Lipinski definition) is 3. The highest BCUT2D eigenvalue weighted by Gasteiger charge is 2.26. The number of benzene rings is 1. The Morgan fingerprint density at radius 2 is 2.19 bits per heavy atom. The molecule has 0 aliphatic rings. The second-order valence-corrected chi connectivity index (χ2v) is 5.46. The van der Waals surface area contributed by atoms with Crippen LogP contribution in [0.2, 0.25) is 0 Å². The van der Waals surface area contributed by atoms with Crippen LogP contribution in [0, 0.1) is 15.9 Å².